The van der Waals surface area contributed by atoms with Gasteiger partial charge >= 0.3 is 0 Å². The molecule has 22 heavy (non-hydrogen) atoms. The van der Waals surface area contributed by atoms with Crippen LogP contribution < -0.4 is 10.2 Å². The van der Waals surface area contributed by atoms with Crippen molar-refractivity contribution in [3.63, 3.8) is 0 Å². The SMILES string of the molecule is CC1CNC2(CCN(c3cnc4[nH]cc(C#N)c4n3)CC2)C1. The van der Waals surface area contributed by atoms with Crippen LogP contribution in [-0.2, 0) is 0 Å². The third kappa shape index (κ3) is 2.13. The molecule has 0 saturated carbocycles. The molecule has 2 aromatic heterocycles. The molecule has 1 unspecified atom stereocenters. The number of nitriles is 1. The second kappa shape index (κ2) is 4.96. The van der Waals surface area contributed by atoms with Crippen LogP contribution in [0, 0.1) is 17.2 Å². The van der Waals surface area contributed by atoms with Crippen LogP contribution in [0.15, 0.2) is 12.4 Å². The van der Waals surface area contributed by atoms with Crippen molar-refractivity contribution in [2.45, 2.75) is 31.7 Å². The summed E-state index contributed by atoms with van der Waals surface area (Å²) in [6, 6.07) is 2.16. The number of piperidine rings is 1. The van der Waals surface area contributed by atoms with Crippen LogP contribution >= 0.6 is 0 Å². The van der Waals surface area contributed by atoms with Crippen molar-refractivity contribution in [1.29, 1.82) is 5.26 Å². The number of hydrogen-bond acceptors (Lipinski definition) is 5. The Kier molecular flexibility index (Phi) is 3.05. The second-order valence-electron chi connectivity index (χ2n) is 6.70. The first-order valence-electron chi connectivity index (χ1n) is 7.93. The van der Waals surface area contributed by atoms with Gasteiger partial charge in [-0.05, 0) is 31.7 Å². The van der Waals surface area contributed by atoms with E-state index in [4.69, 9.17) is 5.26 Å². The van der Waals surface area contributed by atoms with Gasteiger partial charge in [0, 0.05) is 24.8 Å². The Morgan fingerprint density at radius 1 is 1.41 bits per heavy atom. The monoisotopic (exact) mass is 296 g/mol. The molecule has 2 saturated heterocycles. The summed E-state index contributed by atoms with van der Waals surface area (Å²) in [5.41, 5.74) is 2.25. The highest BCUT2D eigenvalue weighted by molar-refractivity contribution is 5.79. The van der Waals surface area contributed by atoms with Crippen LogP contribution in [0.4, 0.5) is 5.82 Å². The van der Waals surface area contributed by atoms with Crippen LogP contribution in [0.1, 0.15) is 31.7 Å². The molecule has 6 nitrogen and oxygen atoms in total. The standard InChI is InChI=1S/C16H20N6/c1-11-6-16(20-8-11)2-4-22(5-3-16)13-10-19-15-14(21-13)12(7-17)9-18-15/h9-11,20H,2-6,8H2,1H3,(H,18,19). The first-order chi connectivity index (χ1) is 10.7. The van der Waals surface area contributed by atoms with Gasteiger partial charge in [0.15, 0.2) is 5.65 Å². The lowest BCUT2D eigenvalue weighted by Crippen LogP contribution is -2.50. The van der Waals surface area contributed by atoms with Gasteiger partial charge in [-0.1, -0.05) is 6.92 Å². The molecule has 0 radical (unpaired) electrons. The van der Waals surface area contributed by atoms with Crippen LogP contribution in [0.25, 0.3) is 11.2 Å². The van der Waals surface area contributed by atoms with Gasteiger partial charge in [-0.3, -0.25) is 0 Å². The van der Waals surface area contributed by atoms with Gasteiger partial charge in [0.2, 0.25) is 0 Å². The minimum Gasteiger partial charge on any atom is -0.355 e. The highest BCUT2D eigenvalue weighted by Crippen LogP contribution is 2.34. The number of aromatic amines is 1. The quantitative estimate of drug-likeness (QED) is 0.838. The Labute approximate surface area is 129 Å². The fourth-order valence-corrected chi connectivity index (χ4v) is 3.87. The Morgan fingerprint density at radius 3 is 2.91 bits per heavy atom. The first kappa shape index (κ1) is 13.5. The molecular formula is C16H20N6. The van der Waals surface area contributed by atoms with E-state index in [2.05, 4.69) is 38.2 Å². The van der Waals surface area contributed by atoms with Crippen molar-refractivity contribution in [1.82, 2.24) is 20.3 Å². The molecular weight excluding hydrogens is 276 g/mol. The molecule has 2 aromatic rings. The Hall–Kier alpha value is -2.13. The molecule has 0 bridgehead atoms. The van der Waals surface area contributed by atoms with Crippen molar-refractivity contribution < 1.29 is 0 Å². The highest BCUT2D eigenvalue weighted by Gasteiger charge is 2.39. The van der Waals surface area contributed by atoms with Gasteiger partial charge in [0.25, 0.3) is 0 Å². The number of H-pyrrole nitrogens is 1. The van der Waals surface area contributed by atoms with Crippen molar-refractivity contribution in [2.75, 3.05) is 24.5 Å². The lowest BCUT2D eigenvalue weighted by atomic mass is 9.84. The van der Waals surface area contributed by atoms with E-state index in [0.29, 0.717) is 22.3 Å². The van der Waals surface area contributed by atoms with E-state index in [-0.39, 0.29) is 0 Å². The van der Waals surface area contributed by atoms with E-state index in [1.165, 1.54) is 6.42 Å². The van der Waals surface area contributed by atoms with Gasteiger partial charge in [0.05, 0.1) is 11.8 Å². The van der Waals surface area contributed by atoms with E-state index in [1.54, 1.807) is 6.20 Å². The van der Waals surface area contributed by atoms with Crippen molar-refractivity contribution in [3.8, 4) is 6.07 Å². The maximum atomic E-state index is 9.13. The largest absolute Gasteiger partial charge is 0.355 e. The fraction of sp³-hybridized carbons (Fsp3) is 0.562. The average molecular weight is 296 g/mol. The molecule has 0 amide bonds. The zero-order chi connectivity index (χ0) is 15.2. The number of aromatic nitrogens is 3. The average Bonchev–Trinajstić information content (AvgIpc) is 3.11. The summed E-state index contributed by atoms with van der Waals surface area (Å²) in [6.07, 6.45) is 7.05. The molecule has 6 heteroatoms. The minimum atomic E-state index is 0.333. The molecule has 1 spiro atoms. The van der Waals surface area contributed by atoms with E-state index in [1.807, 2.05) is 6.20 Å². The second-order valence-corrected chi connectivity index (χ2v) is 6.70. The van der Waals surface area contributed by atoms with E-state index in [9.17, 15) is 0 Å². The molecule has 2 aliphatic rings. The van der Waals surface area contributed by atoms with Crippen molar-refractivity contribution in [2.24, 2.45) is 5.92 Å². The summed E-state index contributed by atoms with van der Waals surface area (Å²) in [5.74, 6) is 1.66. The van der Waals surface area contributed by atoms with Crippen LogP contribution in [0.5, 0.6) is 0 Å². The number of rotatable bonds is 1. The maximum absolute atomic E-state index is 9.13. The summed E-state index contributed by atoms with van der Waals surface area (Å²) in [7, 11) is 0. The number of nitrogens with one attached hydrogen (secondary N) is 2. The van der Waals surface area contributed by atoms with Crippen LogP contribution in [0.2, 0.25) is 0 Å². The molecule has 0 aromatic carbocycles. The third-order valence-corrected chi connectivity index (χ3v) is 5.10. The molecule has 114 valence electrons. The molecule has 0 aliphatic carbocycles. The summed E-state index contributed by atoms with van der Waals surface area (Å²) >= 11 is 0. The lowest BCUT2D eigenvalue weighted by molar-refractivity contribution is 0.290. The summed E-state index contributed by atoms with van der Waals surface area (Å²) < 4.78 is 0. The molecule has 2 aliphatic heterocycles. The maximum Gasteiger partial charge on any atom is 0.157 e. The predicted octanol–water partition coefficient (Wildman–Crippen LogP) is 1.80. The molecule has 4 heterocycles. The number of hydrogen-bond donors (Lipinski definition) is 2. The van der Waals surface area contributed by atoms with E-state index < -0.39 is 0 Å². The molecule has 4 rings (SSSR count). The zero-order valence-electron chi connectivity index (χ0n) is 12.8. The third-order valence-electron chi connectivity index (χ3n) is 5.10. The summed E-state index contributed by atoms with van der Waals surface area (Å²) in [5, 5.41) is 12.9. The van der Waals surface area contributed by atoms with Crippen molar-refractivity contribution >= 4 is 17.0 Å². The van der Waals surface area contributed by atoms with Gasteiger partial charge in [-0.15, -0.1) is 0 Å². The number of anilines is 1. The van der Waals surface area contributed by atoms with Crippen LogP contribution in [0.3, 0.4) is 0 Å². The smallest absolute Gasteiger partial charge is 0.157 e. The van der Waals surface area contributed by atoms with Gasteiger partial charge < -0.3 is 15.2 Å². The lowest BCUT2D eigenvalue weighted by Gasteiger charge is -2.40. The number of nitrogens with zero attached hydrogens (tertiary/aromatic N) is 4. The first-order valence-corrected chi connectivity index (χ1v) is 7.93. The van der Waals surface area contributed by atoms with Gasteiger partial charge in [0.1, 0.15) is 17.4 Å². The summed E-state index contributed by atoms with van der Waals surface area (Å²) in [6.45, 7) is 5.45. The fourth-order valence-electron chi connectivity index (χ4n) is 3.87. The minimum absolute atomic E-state index is 0.333. The Bertz CT molecular complexity index is 735. The Morgan fingerprint density at radius 2 is 2.23 bits per heavy atom. The molecule has 2 fully saturated rings. The molecule has 1 atom stereocenters. The summed E-state index contributed by atoms with van der Waals surface area (Å²) in [4.78, 5) is 14.3. The van der Waals surface area contributed by atoms with Gasteiger partial charge in [-0.2, -0.15) is 5.26 Å². The van der Waals surface area contributed by atoms with E-state index >= 15 is 0 Å². The predicted molar refractivity (Wildman–Crippen MR) is 84.6 cm³/mol. The zero-order valence-corrected chi connectivity index (χ0v) is 12.8. The molecule has 2 N–H and O–H groups in total. The normalized spacial score (nSPS) is 24.0. The topological polar surface area (TPSA) is 80.6 Å². The van der Waals surface area contributed by atoms with E-state index in [0.717, 1.165) is 44.2 Å². The Balaban J connectivity index is 1.55. The van der Waals surface area contributed by atoms with Crippen LogP contribution in [-0.4, -0.2) is 40.1 Å². The number of fused-ring (bicyclic) bond motifs is 1. The van der Waals surface area contributed by atoms with Crippen molar-refractivity contribution in [3.05, 3.63) is 18.0 Å². The highest BCUT2D eigenvalue weighted by atomic mass is 15.2. The van der Waals surface area contributed by atoms with Gasteiger partial charge in [-0.25, -0.2) is 9.97 Å².